The molecule has 1 aromatic rings. The van der Waals surface area contributed by atoms with Crippen LogP contribution in [0.15, 0.2) is 48.6 Å². The van der Waals surface area contributed by atoms with Crippen LogP contribution in [0.25, 0.3) is 0 Å². The summed E-state index contributed by atoms with van der Waals surface area (Å²) in [6.45, 7) is 0.109. The minimum Gasteiger partial charge on any atom is -0.491 e. The van der Waals surface area contributed by atoms with E-state index in [1.54, 1.807) is 6.08 Å². The molecule has 0 aromatic heterocycles. The van der Waals surface area contributed by atoms with Gasteiger partial charge in [0.2, 0.25) is 0 Å². The van der Waals surface area contributed by atoms with Gasteiger partial charge in [-0.05, 0) is 62.3 Å². The van der Waals surface area contributed by atoms with E-state index in [0.29, 0.717) is 18.1 Å². The summed E-state index contributed by atoms with van der Waals surface area (Å²) in [4.78, 5) is 10.5. The lowest BCUT2D eigenvalue weighted by Gasteiger charge is -2.25. The first kappa shape index (κ1) is 21.5. The number of aliphatic carboxylic acids is 1. The summed E-state index contributed by atoms with van der Waals surface area (Å²) in [5.74, 6) is 0.0833. The Hall–Kier alpha value is -2.18. The van der Waals surface area contributed by atoms with E-state index >= 15 is 0 Å². The SMILES string of the molecule is O=C(O)CCC/C=C\C[C@@H]1[C@@H](/C=C/[C@@H](O)COc2ccc(F)cc2)[C@H]2CC[C@@H]1O2. The van der Waals surface area contributed by atoms with Crippen LogP contribution in [0.1, 0.15) is 38.5 Å². The fraction of sp³-hybridized carbons (Fsp3) is 0.522. The zero-order valence-electron chi connectivity index (χ0n) is 16.5. The summed E-state index contributed by atoms with van der Waals surface area (Å²) in [6.07, 6.45) is 12.3. The van der Waals surface area contributed by atoms with Crippen molar-refractivity contribution in [1.29, 1.82) is 0 Å². The number of aliphatic hydroxyl groups is 1. The van der Waals surface area contributed by atoms with Crippen LogP contribution in [-0.4, -0.2) is 41.1 Å². The molecule has 6 heteroatoms. The number of allylic oxidation sites excluding steroid dienone is 2. The molecule has 0 radical (unpaired) electrons. The Kier molecular flexibility index (Phi) is 7.83. The normalized spacial score (nSPS) is 27.1. The number of ether oxygens (including phenoxy) is 2. The molecule has 0 unspecified atom stereocenters. The summed E-state index contributed by atoms with van der Waals surface area (Å²) >= 11 is 0. The fourth-order valence-corrected chi connectivity index (χ4v) is 4.15. The van der Waals surface area contributed by atoms with Gasteiger partial charge in [-0.2, -0.15) is 0 Å². The van der Waals surface area contributed by atoms with Gasteiger partial charge in [-0.25, -0.2) is 4.39 Å². The average Bonchev–Trinajstić information content (AvgIpc) is 3.30. The Morgan fingerprint density at radius 2 is 2.00 bits per heavy atom. The Morgan fingerprint density at radius 3 is 2.76 bits per heavy atom. The minimum atomic E-state index is -0.757. The van der Waals surface area contributed by atoms with Gasteiger partial charge in [0.05, 0.1) is 12.2 Å². The number of unbranched alkanes of at least 4 members (excludes halogenated alkanes) is 1. The number of carbonyl (C=O) groups is 1. The van der Waals surface area contributed by atoms with E-state index < -0.39 is 12.1 Å². The number of carboxylic acids is 1. The molecular weight excluding hydrogens is 375 g/mol. The van der Waals surface area contributed by atoms with E-state index in [2.05, 4.69) is 12.2 Å². The molecule has 158 valence electrons. The van der Waals surface area contributed by atoms with Crippen LogP contribution in [0, 0.1) is 17.7 Å². The van der Waals surface area contributed by atoms with Gasteiger partial charge in [0.15, 0.2) is 0 Å². The highest BCUT2D eigenvalue weighted by molar-refractivity contribution is 5.66. The third-order valence-corrected chi connectivity index (χ3v) is 5.61. The molecule has 3 rings (SSSR count). The van der Waals surface area contributed by atoms with Crippen molar-refractivity contribution in [3.05, 3.63) is 54.4 Å². The van der Waals surface area contributed by atoms with E-state index in [4.69, 9.17) is 14.6 Å². The molecule has 2 aliphatic heterocycles. The van der Waals surface area contributed by atoms with Gasteiger partial charge < -0.3 is 19.7 Å². The lowest BCUT2D eigenvalue weighted by atomic mass is 9.77. The Bertz CT molecular complexity index is 714. The highest BCUT2D eigenvalue weighted by Crippen LogP contribution is 2.45. The molecule has 5 nitrogen and oxygen atoms in total. The number of rotatable bonds is 11. The van der Waals surface area contributed by atoms with Gasteiger partial charge in [0.1, 0.15) is 24.3 Å². The molecule has 0 saturated carbocycles. The van der Waals surface area contributed by atoms with E-state index in [0.717, 1.165) is 25.7 Å². The Morgan fingerprint density at radius 1 is 1.24 bits per heavy atom. The molecular formula is C23H29FO5. The third kappa shape index (κ3) is 6.41. The highest BCUT2D eigenvalue weighted by atomic mass is 19.1. The molecule has 0 aliphatic carbocycles. The van der Waals surface area contributed by atoms with Gasteiger partial charge in [-0.15, -0.1) is 0 Å². The van der Waals surface area contributed by atoms with Crippen LogP contribution >= 0.6 is 0 Å². The quantitative estimate of drug-likeness (QED) is 0.429. The van der Waals surface area contributed by atoms with Gasteiger partial charge in [0.25, 0.3) is 0 Å². The maximum atomic E-state index is 12.9. The topological polar surface area (TPSA) is 76.0 Å². The number of benzene rings is 1. The standard InChI is InChI=1S/C23H29FO5/c24-16-7-10-18(11-8-16)28-15-17(25)9-12-20-19(21-13-14-22(20)29-21)5-3-1-2-4-6-23(26)27/h1,3,7-12,17,19-22,25H,2,4-6,13-15H2,(H,26,27)/b3-1-,12-9+/t17-,19-,20-,21+,22-/m1/s1. The summed E-state index contributed by atoms with van der Waals surface area (Å²) in [7, 11) is 0. The largest absolute Gasteiger partial charge is 0.491 e. The molecule has 2 heterocycles. The minimum absolute atomic E-state index is 0.109. The first-order valence-corrected chi connectivity index (χ1v) is 10.3. The van der Waals surface area contributed by atoms with Crippen LogP contribution in [0.5, 0.6) is 5.75 Å². The van der Waals surface area contributed by atoms with Crippen molar-refractivity contribution in [3.8, 4) is 5.75 Å². The molecule has 2 N–H and O–H groups in total. The lowest BCUT2D eigenvalue weighted by Crippen LogP contribution is -2.26. The molecule has 0 amide bonds. The summed E-state index contributed by atoms with van der Waals surface area (Å²) < 4.78 is 24.5. The maximum absolute atomic E-state index is 12.9. The molecule has 2 aliphatic rings. The molecule has 0 spiro atoms. The second-order valence-corrected chi connectivity index (χ2v) is 7.74. The summed E-state index contributed by atoms with van der Waals surface area (Å²) in [6, 6.07) is 5.72. The summed E-state index contributed by atoms with van der Waals surface area (Å²) in [5.41, 5.74) is 0. The van der Waals surface area contributed by atoms with Crippen LogP contribution in [0.4, 0.5) is 4.39 Å². The number of hydrogen-bond acceptors (Lipinski definition) is 4. The monoisotopic (exact) mass is 404 g/mol. The third-order valence-electron chi connectivity index (χ3n) is 5.61. The predicted octanol–water partition coefficient (Wildman–Crippen LogP) is 4.12. The van der Waals surface area contributed by atoms with Gasteiger partial charge in [0, 0.05) is 12.3 Å². The van der Waals surface area contributed by atoms with Crippen LogP contribution in [0.2, 0.25) is 0 Å². The molecule has 2 bridgehead atoms. The number of halogens is 1. The van der Waals surface area contributed by atoms with E-state index in [1.165, 1.54) is 24.3 Å². The predicted molar refractivity (Wildman–Crippen MR) is 107 cm³/mol. The lowest BCUT2D eigenvalue weighted by molar-refractivity contribution is -0.137. The van der Waals surface area contributed by atoms with E-state index in [9.17, 15) is 14.3 Å². The van der Waals surface area contributed by atoms with Gasteiger partial charge in [-0.3, -0.25) is 4.79 Å². The van der Waals surface area contributed by atoms with Crippen LogP contribution < -0.4 is 4.74 Å². The maximum Gasteiger partial charge on any atom is 0.303 e. The van der Waals surface area contributed by atoms with Crippen molar-refractivity contribution in [2.24, 2.45) is 11.8 Å². The molecule has 1 aromatic carbocycles. The van der Waals surface area contributed by atoms with Gasteiger partial charge >= 0.3 is 5.97 Å². The number of fused-ring (bicyclic) bond motifs is 2. The summed E-state index contributed by atoms with van der Waals surface area (Å²) in [5, 5.41) is 18.9. The van der Waals surface area contributed by atoms with Crippen LogP contribution in [-0.2, 0) is 9.53 Å². The van der Waals surface area contributed by atoms with Crippen molar-refractivity contribution in [3.63, 3.8) is 0 Å². The van der Waals surface area contributed by atoms with Crippen molar-refractivity contribution in [1.82, 2.24) is 0 Å². The van der Waals surface area contributed by atoms with E-state index in [-0.39, 0.29) is 37.0 Å². The molecule has 5 atom stereocenters. The Labute approximate surface area is 170 Å². The molecule has 2 fully saturated rings. The number of carboxylic acid groups (broad SMARTS) is 1. The Balaban J connectivity index is 1.46. The van der Waals surface area contributed by atoms with Gasteiger partial charge in [-0.1, -0.05) is 24.3 Å². The fourth-order valence-electron chi connectivity index (χ4n) is 4.15. The first-order valence-electron chi connectivity index (χ1n) is 10.3. The highest BCUT2D eigenvalue weighted by Gasteiger charge is 2.46. The van der Waals surface area contributed by atoms with Crippen molar-refractivity contribution in [2.45, 2.75) is 56.8 Å². The number of hydrogen-bond donors (Lipinski definition) is 2. The zero-order chi connectivity index (χ0) is 20.6. The number of aliphatic hydroxyl groups excluding tert-OH is 1. The smallest absolute Gasteiger partial charge is 0.303 e. The molecule has 29 heavy (non-hydrogen) atoms. The first-order chi connectivity index (χ1) is 14.0. The zero-order valence-corrected chi connectivity index (χ0v) is 16.5. The van der Waals surface area contributed by atoms with Crippen molar-refractivity contribution < 1.29 is 28.9 Å². The van der Waals surface area contributed by atoms with E-state index in [1.807, 2.05) is 6.08 Å². The van der Waals surface area contributed by atoms with Crippen LogP contribution in [0.3, 0.4) is 0 Å². The average molecular weight is 404 g/mol. The second-order valence-electron chi connectivity index (χ2n) is 7.74. The van der Waals surface area contributed by atoms with Crippen molar-refractivity contribution in [2.75, 3.05) is 6.61 Å². The second kappa shape index (κ2) is 10.6. The van der Waals surface area contributed by atoms with Crippen molar-refractivity contribution >= 4 is 5.97 Å². The molecule has 2 saturated heterocycles.